The maximum Gasteiger partial charge on any atom is 0.306 e. The van der Waals surface area contributed by atoms with Crippen LogP contribution in [0.15, 0.2) is 0 Å². The smallest absolute Gasteiger partial charge is 0.306 e. The lowest BCUT2D eigenvalue weighted by molar-refractivity contribution is -0.144. The van der Waals surface area contributed by atoms with Crippen molar-refractivity contribution in [2.75, 3.05) is 11.5 Å². The number of carboxylic acid groups (broad SMARTS) is 1. The van der Waals surface area contributed by atoms with Crippen LogP contribution >= 0.6 is 0 Å². The molecule has 0 aromatic heterocycles. The van der Waals surface area contributed by atoms with Gasteiger partial charge >= 0.3 is 5.97 Å². The molecule has 0 aromatic carbocycles. The second kappa shape index (κ2) is 5.17. The third-order valence-electron chi connectivity index (χ3n) is 3.38. The molecule has 0 amide bonds. The van der Waals surface area contributed by atoms with Crippen molar-refractivity contribution in [2.24, 2.45) is 17.8 Å². The van der Waals surface area contributed by atoms with Gasteiger partial charge in [0.25, 0.3) is 0 Å². The van der Waals surface area contributed by atoms with Gasteiger partial charge in [-0.2, -0.15) is 0 Å². The summed E-state index contributed by atoms with van der Waals surface area (Å²) in [5, 5.41) is 9.06. The van der Waals surface area contributed by atoms with Crippen LogP contribution < -0.4 is 0 Å². The Balaban J connectivity index is 2.52. The molecule has 1 heterocycles. The third kappa shape index (κ3) is 3.77. The van der Waals surface area contributed by atoms with Crippen molar-refractivity contribution >= 4 is 15.8 Å². The molecule has 1 saturated heterocycles. The zero-order valence-electron chi connectivity index (χ0n) is 9.85. The quantitative estimate of drug-likeness (QED) is 0.819. The number of carbonyl (C=O) groups is 1. The summed E-state index contributed by atoms with van der Waals surface area (Å²) in [7, 11) is -2.84. The molecule has 0 spiro atoms. The van der Waals surface area contributed by atoms with Gasteiger partial charge in [-0.15, -0.1) is 0 Å². The Kier molecular flexibility index (Phi) is 4.35. The summed E-state index contributed by atoms with van der Waals surface area (Å²) in [6, 6.07) is 0. The Morgan fingerprint density at radius 3 is 2.19 bits per heavy atom. The zero-order valence-corrected chi connectivity index (χ0v) is 10.7. The van der Waals surface area contributed by atoms with Crippen LogP contribution in [-0.4, -0.2) is 31.0 Å². The average Bonchev–Trinajstić information content (AvgIpc) is 2.15. The molecule has 0 aromatic rings. The van der Waals surface area contributed by atoms with Crippen LogP contribution in [0.2, 0.25) is 0 Å². The van der Waals surface area contributed by atoms with E-state index < -0.39 is 15.8 Å². The molecule has 0 aliphatic carbocycles. The highest BCUT2D eigenvalue weighted by molar-refractivity contribution is 7.91. The van der Waals surface area contributed by atoms with Gasteiger partial charge in [0.2, 0.25) is 0 Å². The van der Waals surface area contributed by atoms with Crippen molar-refractivity contribution in [3.05, 3.63) is 0 Å². The van der Waals surface area contributed by atoms with E-state index in [1.165, 1.54) is 0 Å². The predicted molar refractivity (Wildman–Crippen MR) is 62.0 cm³/mol. The van der Waals surface area contributed by atoms with Crippen molar-refractivity contribution in [1.82, 2.24) is 0 Å². The van der Waals surface area contributed by atoms with Gasteiger partial charge in [0.05, 0.1) is 17.4 Å². The second-order valence-electron chi connectivity index (χ2n) is 5.02. The zero-order chi connectivity index (χ0) is 12.3. The van der Waals surface area contributed by atoms with Crippen LogP contribution in [0, 0.1) is 17.8 Å². The van der Waals surface area contributed by atoms with Crippen molar-refractivity contribution < 1.29 is 18.3 Å². The number of rotatable bonds is 4. The van der Waals surface area contributed by atoms with Crippen LogP contribution in [0.3, 0.4) is 0 Å². The highest BCUT2D eigenvalue weighted by Gasteiger charge is 2.29. The van der Waals surface area contributed by atoms with Crippen molar-refractivity contribution in [1.29, 1.82) is 0 Å². The van der Waals surface area contributed by atoms with Crippen molar-refractivity contribution in [2.45, 2.75) is 33.1 Å². The Hall–Kier alpha value is -0.580. The summed E-state index contributed by atoms with van der Waals surface area (Å²) in [6.45, 7) is 3.80. The van der Waals surface area contributed by atoms with Crippen molar-refractivity contribution in [3.63, 3.8) is 0 Å². The van der Waals surface area contributed by atoms with Crippen LogP contribution in [-0.2, 0) is 14.6 Å². The number of carboxylic acids is 1. The molecule has 0 bridgehead atoms. The molecule has 94 valence electrons. The minimum atomic E-state index is -2.84. The normalized spacial score (nSPS) is 23.2. The topological polar surface area (TPSA) is 71.4 Å². The highest BCUT2D eigenvalue weighted by atomic mass is 32.2. The number of hydrogen-bond acceptors (Lipinski definition) is 3. The van der Waals surface area contributed by atoms with E-state index in [1.807, 2.05) is 13.8 Å². The molecule has 1 rings (SSSR count). The first-order valence-corrected chi connectivity index (χ1v) is 7.57. The highest BCUT2D eigenvalue weighted by Crippen LogP contribution is 2.28. The SMILES string of the molecule is CC(C)C(CC1CCS(=O)(=O)CC1)C(=O)O. The molecular weight excluding hydrogens is 228 g/mol. The van der Waals surface area contributed by atoms with Crippen LogP contribution in [0.5, 0.6) is 0 Å². The summed E-state index contributed by atoms with van der Waals surface area (Å²) in [6.07, 6.45) is 1.86. The van der Waals surface area contributed by atoms with E-state index in [4.69, 9.17) is 5.11 Å². The Morgan fingerprint density at radius 1 is 1.31 bits per heavy atom. The van der Waals surface area contributed by atoms with Gasteiger partial charge in [-0.1, -0.05) is 13.8 Å². The molecule has 1 aliphatic rings. The van der Waals surface area contributed by atoms with Gasteiger partial charge in [-0.25, -0.2) is 8.42 Å². The fraction of sp³-hybridized carbons (Fsp3) is 0.909. The van der Waals surface area contributed by atoms with Crippen LogP contribution in [0.1, 0.15) is 33.1 Å². The van der Waals surface area contributed by atoms with E-state index in [2.05, 4.69) is 0 Å². The van der Waals surface area contributed by atoms with Crippen molar-refractivity contribution in [3.8, 4) is 0 Å². The van der Waals surface area contributed by atoms with E-state index in [0.29, 0.717) is 19.3 Å². The first-order valence-electron chi connectivity index (χ1n) is 5.75. The molecule has 16 heavy (non-hydrogen) atoms. The molecule has 1 fully saturated rings. The largest absolute Gasteiger partial charge is 0.481 e. The molecule has 1 atom stereocenters. The Bertz CT molecular complexity index is 331. The van der Waals surface area contributed by atoms with E-state index in [1.54, 1.807) is 0 Å². The first kappa shape index (κ1) is 13.5. The molecule has 1 N–H and O–H groups in total. The summed E-state index contributed by atoms with van der Waals surface area (Å²) in [4.78, 5) is 11.0. The van der Waals surface area contributed by atoms with Gasteiger partial charge in [0, 0.05) is 0 Å². The summed E-state index contributed by atoms with van der Waals surface area (Å²) < 4.78 is 22.5. The maximum absolute atomic E-state index is 11.2. The Morgan fingerprint density at radius 2 is 1.81 bits per heavy atom. The maximum atomic E-state index is 11.2. The van der Waals surface area contributed by atoms with Crippen LogP contribution in [0.25, 0.3) is 0 Å². The average molecular weight is 248 g/mol. The third-order valence-corrected chi connectivity index (χ3v) is 5.10. The van der Waals surface area contributed by atoms with Gasteiger partial charge in [0.15, 0.2) is 0 Å². The minimum absolute atomic E-state index is 0.107. The van der Waals surface area contributed by atoms with E-state index in [0.717, 1.165) is 0 Å². The van der Waals surface area contributed by atoms with E-state index in [9.17, 15) is 13.2 Å². The van der Waals surface area contributed by atoms with E-state index >= 15 is 0 Å². The lowest BCUT2D eigenvalue weighted by atomic mass is 9.84. The number of hydrogen-bond donors (Lipinski definition) is 1. The van der Waals surface area contributed by atoms with Gasteiger partial charge in [0.1, 0.15) is 9.84 Å². The molecule has 0 saturated carbocycles. The number of aliphatic carboxylic acids is 1. The fourth-order valence-corrected chi connectivity index (χ4v) is 3.78. The summed E-state index contributed by atoms with van der Waals surface area (Å²) in [5.74, 6) is -0.290. The Labute approximate surface area is 97.0 Å². The van der Waals surface area contributed by atoms with Crippen LogP contribution in [0.4, 0.5) is 0 Å². The fourth-order valence-electron chi connectivity index (χ4n) is 2.19. The molecular formula is C11H20O4S. The van der Waals surface area contributed by atoms with Gasteiger partial charge in [-0.3, -0.25) is 4.79 Å². The standard InChI is InChI=1S/C11H20O4S/c1-8(2)10(11(12)13)7-9-3-5-16(14,15)6-4-9/h8-10H,3-7H2,1-2H3,(H,12,13). The summed E-state index contributed by atoms with van der Waals surface area (Å²) >= 11 is 0. The van der Waals surface area contributed by atoms with Gasteiger partial charge in [-0.05, 0) is 31.1 Å². The lowest BCUT2D eigenvalue weighted by Gasteiger charge is -2.26. The molecule has 1 aliphatic heterocycles. The second-order valence-corrected chi connectivity index (χ2v) is 7.32. The predicted octanol–water partition coefficient (Wildman–Crippen LogP) is 1.56. The molecule has 4 nitrogen and oxygen atoms in total. The monoisotopic (exact) mass is 248 g/mol. The molecule has 1 unspecified atom stereocenters. The molecule has 5 heteroatoms. The molecule has 0 radical (unpaired) electrons. The summed E-state index contributed by atoms with van der Waals surface area (Å²) in [5.41, 5.74) is 0. The first-order chi connectivity index (χ1) is 7.32. The van der Waals surface area contributed by atoms with E-state index in [-0.39, 0.29) is 29.3 Å². The number of sulfone groups is 1. The van der Waals surface area contributed by atoms with Gasteiger partial charge < -0.3 is 5.11 Å². The lowest BCUT2D eigenvalue weighted by Crippen LogP contribution is -2.28. The minimum Gasteiger partial charge on any atom is -0.481 e.